The molecule has 92 valence electrons. The summed E-state index contributed by atoms with van der Waals surface area (Å²) in [5, 5.41) is 18.7. The second kappa shape index (κ2) is 4.67. The van der Waals surface area contributed by atoms with Crippen LogP contribution in [0.5, 0.6) is 0 Å². The Morgan fingerprint density at radius 1 is 1.31 bits per heavy atom. The largest absolute Gasteiger partial charge is 0.393 e. The van der Waals surface area contributed by atoms with Gasteiger partial charge in [-0.3, -0.25) is 9.69 Å². The van der Waals surface area contributed by atoms with E-state index in [9.17, 15) is 15.0 Å². The monoisotopic (exact) mass is 230 g/mol. The van der Waals surface area contributed by atoms with E-state index >= 15 is 0 Å². The van der Waals surface area contributed by atoms with Crippen molar-refractivity contribution in [3.63, 3.8) is 0 Å². The number of aliphatic hydroxyl groups is 2. The van der Waals surface area contributed by atoms with Gasteiger partial charge in [-0.15, -0.1) is 0 Å². The van der Waals surface area contributed by atoms with Gasteiger partial charge >= 0.3 is 0 Å². The Kier molecular flexibility index (Phi) is 3.44. The zero-order chi connectivity index (χ0) is 11.7. The van der Waals surface area contributed by atoms with Crippen LogP contribution in [0, 0.1) is 0 Å². The van der Waals surface area contributed by atoms with E-state index < -0.39 is 12.5 Å². The molecule has 1 amide bonds. The second-order valence-electron chi connectivity index (χ2n) is 4.45. The first-order chi connectivity index (χ1) is 7.58. The van der Waals surface area contributed by atoms with E-state index in [2.05, 4.69) is 0 Å². The van der Waals surface area contributed by atoms with Gasteiger partial charge in [0.1, 0.15) is 0 Å². The van der Waals surface area contributed by atoms with Crippen LogP contribution < -0.4 is 0 Å². The molecule has 2 N–H and O–H groups in total. The van der Waals surface area contributed by atoms with Crippen molar-refractivity contribution in [2.45, 2.75) is 31.5 Å². The number of aliphatic hydroxyl groups excluding tert-OH is 2. The molecule has 2 saturated heterocycles. The fraction of sp³-hybridized carbons (Fsp3) is 0.900. The molecular formula is C10H18N2O4. The molecule has 2 rings (SSSR count). The maximum absolute atomic E-state index is 12.0. The highest BCUT2D eigenvalue weighted by atomic mass is 16.6. The van der Waals surface area contributed by atoms with Crippen LogP contribution in [-0.4, -0.2) is 71.2 Å². The lowest BCUT2D eigenvalue weighted by Crippen LogP contribution is -2.46. The predicted molar refractivity (Wildman–Crippen MR) is 55.3 cm³/mol. The Balaban J connectivity index is 1.88. The summed E-state index contributed by atoms with van der Waals surface area (Å²) >= 11 is 0. The number of ether oxygens (including phenoxy) is 1. The van der Waals surface area contributed by atoms with Crippen molar-refractivity contribution in [1.29, 1.82) is 0 Å². The minimum atomic E-state index is -0.982. The molecule has 6 heteroatoms. The van der Waals surface area contributed by atoms with Crippen molar-refractivity contribution < 1.29 is 19.7 Å². The van der Waals surface area contributed by atoms with Crippen molar-refractivity contribution in [2.24, 2.45) is 0 Å². The SMILES string of the molecule is CN1C[C@@H](C(=O)N2CCC(O)CC2)OC1O. The minimum absolute atomic E-state index is 0.0877. The summed E-state index contributed by atoms with van der Waals surface area (Å²) in [5.41, 5.74) is 0. The minimum Gasteiger partial charge on any atom is -0.393 e. The summed E-state index contributed by atoms with van der Waals surface area (Å²) in [6.45, 7) is 1.55. The third-order valence-corrected chi connectivity index (χ3v) is 3.17. The number of amides is 1. The Bertz CT molecular complexity index is 256. The van der Waals surface area contributed by atoms with E-state index in [1.807, 2.05) is 0 Å². The van der Waals surface area contributed by atoms with Crippen LogP contribution in [0.1, 0.15) is 12.8 Å². The molecule has 0 saturated carbocycles. The predicted octanol–water partition coefficient (Wildman–Crippen LogP) is -1.42. The highest BCUT2D eigenvalue weighted by molar-refractivity contribution is 5.81. The first-order valence-corrected chi connectivity index (χ1v) is 5.58. The Labute approximate surface area is 94.4 Å². The van der Waals surface area contributed by atoms with Crippen molar-refractivity contribution in [3.8, 4) is 0 Å². The average Bonchev–Trinajstić information content (AvgIpc) is 2.59. The van der Waals surface area contributed by atoms with Crippen LogP contribution in [0.3, 0.4) is 0 Å². The molecule has 2 aliphatic heterocycles. The fourth-order valence-electron chi connectivity index (χ4n) is 2.07. The van der Waals surface area contributed by atoms with Crippen LogP contribution in [0.2, 0.25) is 0 Å². The van der Waals surface area contributed by atoms with Crippen molar-refractivity contribution >= 4 is 5.91 Å². The zero-order valence-electron chi connectivity index (χ0n) is 9.37. The van der Waals surface area contributed by atoms with Crippen LogP contribution in [0.25, 0.3) is 0 Å². The van der Waals surface area contributed by atoms with E-state index in [1.165, 1.54) is 0 Å². The summed E-state index contributed by atoms with van der Waals surface area (Å²) in [4.78, 5) is 15.3. The lowest BCUT2D eigenvalue weighted by Gasteiger charge is -2.31. The molecule has 1 unspecified atom stereocenters. The van der Waals surface area contributed by atoms with Gasteiger partial charge in [0.15, 0.2) is 6.10 Å². The van der Waals surface area contributed by atoms with Gasteiger partial charge in [0, 0.05) is 19.6 Å². The molecule has 0 bridgehead atoms. The number of piperidine rings is 1. The molecule has 0 aromatic heterocycles. The van der Waals surface area contributed by atoms with Crippen molar-refractivity contribution in [2.75, 3.05) is 26.7 Å². The van der Waals surface area contributed by atoms with Crippen LogP contribution in [0.15, 0.2) is 0 Å². The van der Waals surface area contributed by atoms with Crippen molar-refractivity contribution in [3.05, 3.63) is 0 Å². The number of nitrogens with zero attached hydrogens (tertiary/aromatic N) is 2. The molecule has 0 aromatic rings. The van der Waals surface area contributed by atoms with Crippen LogP contribution >= 0.6 is 0 Å². The van der Waals surface area contributed by atoms with Crippen LogP contribution in [-0.2, 0) is 9.53 Å². The molecule has 0 radical (unpaired) electrons. The quantitative estimate of drug-likeness (QED) is 0.578. The molecule has 2 heterocycles. The maximum Gasteiger partial charge on any atom is 0.253 e. The highest BCUT2D eigenvalue weighted by Crippen LogP contribution is 2.17. The lowest BCUT2D eigenvalue weighted by molar-refractivity contribution is -0.166. The maximum atomic E-state index is 12.0. The number of rotatable bonds is 1. The van der Waals surface area contributed by atoms with Crippen molar-refractivity contribution in [1.82, 2.24) is 9.80 Å². The first-order valence-electron chi connectivity index (χ1n) is 5.58. The fourth-order valence-corrected chi connectivity index (χ4v) is 2.07. The summed E-state index contributed by atoms with van der Waals surface area (Å²) in [6.07, 6.45) is -0.602. The lowest BCUT2D eigenvalue weighted by atomic mass is 10.1. The number of hydrogen-bond donors (Lipinski definition) is 2. The third kappa shape index (κ3) is 2.35. The van der Waals surface area contributed by atoms with Gasteiger partial charge in [0.05, 0.1) is 6.10 Å². The molecule has 2 fully saturated rings. The highest BCUT2D eigenvalue weighted by Gasteiger charge is 2.36. The van der Waals surface area contributed by atoms with Gasteiger partial charge < -0.3 is 19.8 Å². The zero-order valence-corrected chi connectivity index (χ0v) is 9.37. The topological polar surface area (TPSA) is 73.2 Å². The van der Waals surface area contributed by atoms with Gasteiger partial charge in [-0.1, -0.05) is 0 Å². The normalized spacial score (nSPS) is 33.3. The standard InChI is InChI=1S/C10H18N2O4/c1-11-6-8(16-10(11)15)9(14)12-4-2-7(13)3-5-12/h7-8,10,13,15H,2-6H2,1H3/t8-,10?/m0/s1. The van der Waals surface area contributed by atoms with Crippen LogP contribution in [0.4, 0.5) is 0 Å². The molecule has 0 aromatic carbocycles. The smallest absolute Gasteiger partial charge is 0.253 e. The van der Waals surface area contributed by atoms with E-state index in [1.54, 1.807) is 16.8 Å². The van der Waals surface area contributed by atoms with E-state index in [-0.39, 0.29) is 12.0 Å². The second-order valence-corrected chi connectivity index (χ2v) is 4.45. The van der Waals surface area contributed by atoms with Gasteiger partial charge in [-0.05, 0) is 19.9 Å². The summed E-state index contributed by atoms with van der Waals surface area (Å²) in [7, 11) is 1.71. The number of carbonyl (C=O) groups excluding carboxylic acids is 1. The Hall–Kier alpha value is -0.690. The first kappa shape index (κ1) is 11.8. The summed E-state index contributed by atoms with van der Waals surface area (Å²) in [6, 6.07) is 0. The average molecular weight is 230 g/mol. The van der Waals surface area contributed by atoms with E-state index in [0.29, 0.717) is 32.5 Å². The van der Waals surface area contributed by atoms with Gasteiger partial charge in [0.2, 0.25) is 6.41 Å². The molecule has 2 atom stereocenters. The number of carbonyl (C=O) groups is 1. The summed E-state index contributed by atoms with van der Waals surface area (Å²) in [5.74, 6) is -0.0877. The Morgan fingerprint density at radius 3 is 2.44 bits per heavy atom. The Morgan fingerprint density at radius 2 is 1.94 bits per heavy atom. The van der Waals surface area contributed by atoms with Gasteiger partial charge in [0.25, 0.3) is 5.91 Å². The molecule has 0 spiro atoms. The number of likely N-dealkylation sites (tertiary alicyclic amines) is 1. The summed E-state index contributed by atoms with van der Waals surface area (Å²) < 4.78 is 5.14. The third-order valence-electron chi connectivity index (χ3n) is 3.17. The molecule has 2 aliphatic rings. The van der Waals surface area contributed by atoms with Gasteiger partial charge in [-0.25, -0.2) is 0 Å². The number of likely N-dealkylation sites (N-methyl/N-ethyl adjacent to an activating group) is 1. The molecule has 0 aliphatic carbocycles. The number of hydrogen-bond acceptors (Lipinski definition) is 5. The molecule has 6 nitrogen and oxygen atoms in total. The van der Waals surface area contributed by atoms with E-state index in [4.69, 9.17) is 4.74 Å². The molecular weight excluding hydrogens is 212 g/mol. The van der Waals surface area contributed by atoms with Gasteiger partial charge in [-0.2, -0.15) is 0 Å². The molecule has 16 heavy (non-hydrogen) atoms. The van der Waals surface area contributed by atoms with E-state index in [0.717, 1.165) is 0 Å².